The van der Waals surface area contributed by atoms with Crippen LogP contribution in [0, 0.1) is 10.5 Å². The molecule has 0 unspecified atom stereocenters. The lowest BCUT2D eigenvalue weighted by atomic mass is 10.2. The maximum Gasteiger partial charge on any atom is 0.297 e. The van der Waals surface area contributed by atoms with Crippen molar-refractivity contribution < 1.29 is 12.6 Å². The first-order valence-corrected chi connectivity index (χ1v) is 9.06. The van der Waals surface area contributed by atoms with Crippen LogP contribution in [0.2, 0.25) is 0 Å². The molecule has 0 N–H and O–H groups in total. The largest absolute Gasteiger partial charge is 0.297 e. The maximum absolute atomic E-state index is 12.1. The minimum absolute atomic E-state index is 0.0195. The molecule has 0 aliphatic rings. The van der Waals surface area contributed by atoms with Crippen molar-refractivity contribution in [3.8, 4) is 0 Å². The Morgan fingerprint density at radius 1 is 1.15 bits per heavy atom. The number of halogens is 2. The zero-order chi connectivity index (χ0) is 14.8. The van der Waals surface area contributed by atoms with Gasteiger partial charge in [0.1, 0.15) is 0 Å². The van der Waals surface area contributed by atoms with E-state index in [0.29, 0.717) is 0 Å². The molecule has 0 saturated heterocycles. The van der Waals surface area contributed by atoms with E-state index in [-0.39, 0.29) is 11.5 Å². The third-order valence-electron chi connectivity index (χ3n) is 2.61. The Balaban J connectivity index is 2.15. The first-order chi connectivity index (χ1) is 9.37. The summed E-state index contributed by atoms with van der Waals surface area (Å²) in [5, 5.41) is 0. The van der Waals surface area contributed by atoms with Crippen molar-refractivity contribution in [2.24, 2.45) is 0 Å². The molecule has 2 aromatic carbocycles. The second kappa shape index (κ2) is 6.55. The molecule has 0 amide bonds. The van der Waals surface area contributed by atoms with Gasteiger partial charge in [0.2, 0.25) is 0 Å². The molecule has 0 spiro atoms. The Labute approximate surface area is 140 Å². The molecule has 3 nitrogen and oxygen atoms in total. The number of hydrogen-bond donors (Lipinski definition) is 0. The highest BCUT2D eigenvalue weighted by Crippen LogP contribution is 2.20. The molecule has 0 radical (unpaired) electrons. The van der Waals surface area contributed by atoms with Gasteiger partial charge >= 0.3 is 0 Å². The van der Waals surface area contributed by atoms with Crippen LogP contribution in [0.4, 0.5) is 0 Å². The zero-order valence-electron chi connectivity index (χ0n) is 10.6. The molecule has 2 rings (SSSR count). The van der Waals surface area contributed by atoms with Gasteiger partial charge in [-0.1, -0.05) is 33.6 Å². The van der Waals surface area contributed by atoms with Crippen LogP contribution >= 0.6 is 38.5 Å². The van der Waals surface area contributed by atoms with E-state index < -0.39 is 10.1 Å². The van der Waals surface area contributed by atoms with Crippen molar-refractivity contribution in [3.63, 3.8) is 0 Å². The Hall–Kier alpha value is -0.440. The van der Waals surface area contributed by atoms with E-state index in [1.807, 2.05) is 25.1 Å². The minimum Gasteiger partial charge on any atom is -0.262 e. The molecule has 6 heteroatoms. The van der Waals surface area contributed by atoms with Crippen molar-refractivity contribution in [2.75, 3.05) is 0 Å². The Bertz CT molecular complexity index is 691. The highest BCUT2D eigenvalue weighted by atomic mass is 127. The van der Waals surface area contributed by atoms with Gasteiger partial charge in [-0.2, -0.15) is 8.42 Å². The summed E-state index contributed by atoms with van der Waals surface area (Å²) < 4.78 is 31.1. The third-order valence-corrected chi connectivity index (χ3v) is 4.97. The van der Waals surface area contributed by atoms with Crippen LogP contribution in [-0.4, -0.2) is 8.42 Å². The van der Waals surface area contributed by atoms with E-state index in [0.717, 1.165) is 19.2 Å². The molecule has 106 valence electrons. The van der Waals surface area contributed by atoms with Crippen molar-refractivity contribution in [2.45, 2.75) is 18.4 Å². The Morgan fingerprint density at radius 2 is 1.80 bits per heavy atom. The van der Waals surface area contributed by atoms with Crippen molar-refractivity contribution in [1.82, 2.24) is 0 Å². The third kappa shape index (κ3) is 4.28. The van der Waals surface area contributed by atoms with Crippen LogP contribution < -0.4 is 0 Å². The molecule has 20 heavy (non-hydrogen) atoms. The van der Waals surface area contributed by atoms with Gasteiger partial charge in [-0.25, -0.2) is 0 Å². The summed E-state index contributed by atoms with van der Waals surface area (Å²) in [6.45, 7) is 1.92. The summed E-state index contributed by atoms with van der Waals surface area (Å²) >= 11 is 5.55. The first-order valence-electron chi connectivity index (χ1n) is 5.78. The summed E-state index contributed by atoms with van der Waals surface area (Å²) in [5.41, 5.74) is 1.81. The molecule has 0 atom stereocenters. The predicted molar refractivity (Wildman–Crippen MR) is 90.0 cm³/mol. The van der Waals surface area contributed by atoms with Gasteiger partial charge in [0.05, 0.1) is 11.5 Å². The highest BCUT2D eigenvalue weighted by molar-refractivity contribution is 14.1. The van der Waals surface area contributed by atoms with Gasteiger partial charge < -0.3 is 0 Å². The van der Waals surface area contributed by atoms with Crippen LogP contribution in [0.15, 0.2) is 51.8 Å². The van der Waals surface area contributed by atoms with E-state index in [4.69, 9.17) is 4.18 Å². The fourth-order valence-electron chi connectivity index (χ4n) is 1.61. The maximum atomic E-state index is 12.1. The van der Waals surface area contributed by atoms with Crippen molar-refractivity contribution >= 4 is 48.6 Å². The van der Waals surface area contributed by atoms with E-state index in [9.17, 15) is 8.42 Å². The predicted octanol–water partition coefficient (Wildman–Crippen LogP) is 4.27. The standard InChI is InChI=1S/C14H12BrIO3S/c1-10-2-4-14(5-3-10)20(17,18)19-9-11-6-12(15)8-13(16)7-11/h2-8H,9H2,1H3. The normalized spacial score (nSPS) is 11.6. The van der Waals surface area contributed by atoms with Gasteiger partial charge in [0.25, 0.3) is 10.1 Å². The SMILES string of the molecule is Cc1ccc(S(=O)(=O)OCc2cc(Br)cc(I)c2)cc1. The van der Waals surface area contributed by atoms with Crippen molar-refractivity contribution in [3.05, 3.63) is 61.6 Å². The topological polar surface area (TPSA) is 43.4 Å². The van der Waals surface area contributed by atoms with Crippen LogP contribution in [0.25, 0.3) is 0 Å². The molecule has 0 saturated carbocycles. The number of hydrogen-bond acceptors (Lipinski definition) is 3. The number of benzene rings is 2. The highest BCUT2D eigenvalue weighted by Gasteiger charge is 2.15. The number of aryl methyl sites for hydroxylation is 1. The Morgan fingerprint density at radius 3 is 2.40 bits per heavy atom. The molecule has 2 aromatic rings. The lowest BCUT2D eigenvalue weighted by Gasteiger charge is -2.07. The molecule has 0 heterocycles. The van der Waals surface area contributed by atoms with E-state index in [2.05, 4.69) is 38.5 Å². The summed E-state index contributed by atoms with van der Waals surface area (Å²) in [4.78, 5) is 0.174. The monoisotopic (exact) mass is 466 g/mol. The molecular formula is C14H12BrIO3S. The fourth-order valence-corrected chi connectivity index (χ4v) is 4.21. The Kier molecular flexibility index (Phi) is 5.22. The second-order valence-electron chi connectivity index (χ2n) is 4.31. The summed E-state index contributed by atoms with van der Waals surface area (Å²) in [7, 11) is -3.72. The molecule has 0 aliphatic carbocycles. The summed E-state index contributed by atoms with van der Waals surface area (Å²) in [6.07, 6.45) is 0. The van der Waals surface area contributed by atoms with Gasteiger partial charge in [-0.05, 0) is 65.4 Å². The van der Waals surface area contributed by atoms with Crippen LogP contribution in [0.5, 0.6) is 0 Å². The molecule has 0 aromatic heterocycles. The molecular weight excluding hydrogens is 455 g/mol. The smallest absolute Gasteiger partial charge is 0.262 e. The average Bonchev–Trinajstić information content (AvgIpc) is 2.36. The van der Waals surface area contributed by atoms with Crippen LogP contribution in [-0.2, 0) is 20.9 Å². The number of rotatable bonds is 4. The second-order valence-corrected chi connectivity index (χ2v) is 8.08. The fraction of sp³-hybridized carbons (Fsp3) is 0.143. The van der Waals surface area contributed by atoms with E-state index in [1.54, 1.807) is 24.3 Å². The van der Waals surface area contributed by atoms with Gasteiger partial charge in [-0.3, -0.25) is 4.18 Å². The van der Waals surface area contributed by atoms with Gasteiger partial charge in [0, 0.05) is 8.04 Å². The van der Waals surface area contributed by atoms with E-state index in [1.165, 1.54) is 0 Å². The van der Waals surface area contributed by atoms with Crippen LogP contribution in [0.1, 0.15) is 11.1 Å². The first kappa shape index (κ1) is 15.9. The quantitative estimate of drug-likeness (QED) is 0.499. The molecule has 0 aliphatic heterocycles. The molecule has 0 fully saturated rings. The average molecular weight is 467 g/mol. The van der Waals surface area contributed by atoms with E-state index >= 15 is 0 Å². The van der Waals surface area contributed by atoms with Crippen molar-refractivity contribution in [1.29, 1.82) is 0 Å². The molecule has 0 bridgehead atoms. The minimum atomic E-state index is -3.72. The lowest BCUT2D eigenvalue weighted by molar-refractivity contribution is 0.308. The van der Waals surface area contributed by atoms with Gasteiger partial charge in [0.15, 0.2) is 0 Å². The zero-order valence-corrected chi connectivity index (χ0v) is 15.2. The van der Waals surface area contributed by atoms with Gasteiger partial charge in [-0.15, -0.1) is 0 Å². The summed E-state index contributed by atoms with van der Waals surface area (Å²) in [6, 6.07) is 12.3. The van der Waals surface area contributed by atoms with Crippen LogP contribution in [0.3, 0.4) is 0 Å². The summed E-state index contributed by atoms with van der Waals surface area (Å²) in [5.74, 6) is 0. The lowest BCUT2D eigenvalue weighted by Crippen LogP contribution is -2.06.